The van der Waals surface area contributed by atoms with Gasteiger partial charge in [-0.25, -0.2) is 0 Å². The van der Waals surface area contributed by atoms with Crippen molar-refractivity contribution in [2.45, 2.75) is 23.7 Å². The van der Waals surface area contributed by atoms with E-state index in [1.165, 1.54) is 23.1 Å². The van der Waals surface area contributed by atoms with E-state index in [1.807, 2.05) is 14.1 Å². The Balaban J connectivity index is 1.71. The van der Waals surface area contributed by atoms with E-state index < -0.39 is 0 Å². The smallest absolute Gasteiger partial charge is 0.226 e. The number of hydrogen-bond acceptors (Lipinski definition) is 8. The molecule has 0 fully saturated rings. The first kappa shape index (κ1) is 21.1. The Morgan fingerprint density at radius 3 is 2.74 bits per heavy atom. The quantitative estimate of drug-likeness (QED) is 0.332. The summed E-state index contributed by atoms with van der Waals surface area (Å²) >= 11 is 2.79. The van der Waals surface area contributed by atoms with Gasteiger partial charge in [-0.15, -0.1) is 16.8 Å². The molecule has 2 amide bonds. The SMILES string of the molecule is C=CCSc1nnc(NC(=O)CCC(=O)Nc2cnn(CCN(C)C)c2)s1. The molecule has 0 saturated heterocycles. The van der Waals surface area contributed by atoms with Crippen molar-refractivity contribution in [3.8, 4) is 0 Å². The van der Waals surface area contributed by atoms with Crippen molar-refractivity contribution < 1.29 is 9.59 Å². The highest BCUT2D eigenvalue weighted by atomic mass is 32.2. The van der Waals surface area contributed by atoms with Crippen LogP contribution in [0.2, 0.25) is 0 Å². The van der Waals surface area contributed by atoms with E-state index in [2.05, 4.69) is 37.4 Å². The van der Waals surface area contributed by atoms with Crippen molar-refractivity contribution in [2.24, 2.45) is 0 Å². The predicted octanol–water partition coefficient (Wildman–Crippen LogP) is 1.93. The summed E-state index contributed by atoms with van der Waals surface area (Å²) in [5.41, 5.74) is 0.618. The van der Waals surface area contributed by atoms with Gasteiger partial charge in [0.15, 0.2) is 4.34 Å². The molecule has 0 aromatic carbocycles. The second kappa shape index (κ2) is 10.8. The number of hydrogen-bond donors (Lipinski definition) is 2. The van der Waals surface area contributed by atoms with Crippen LogP contribution in [0.25, 0.3) is 0 Å². The van der Waals surface area contributed by atoms with Gasteiger partial charge >= 0.3 is 0 Å². The van der Waals surface area contributed by atoms with Crippen LogP contribution in [0.15, 0.2) is 29.4 Å². The number of nitrogens with zero attached hydrogens (tertiary/aromatic N) is 5. The van der Waals surface area contributed by atoms with Gasteiger partial charge in [0.05, 0.1) is 18.4 Å². The van der Waals surface area contributed by atoms with Gasteiger partial charge < -0.3 is 15.5 Å². The summed E-state index contributed by atoms with van der Waals surface area (Å²) in [7, 11) is 3.97. The van der Waals surface area contributed by atoms with E-state index >= 15 is 0 Å². The van der Waals surface area contributed by atoms with Gasteiger partial charge in [0.25, 0.3) is 0 Å². The Kier molecular flexibility index (Phi) is 8.43. The van der Waals surface area contributed by atoms with Gasteiger partial charge in [-0.1, -0.05) is 29.2 Å². The molecule has 0 aliphatic carbocycles. The molecule has 2 rings (SSSR count). The normalized spacial score (nSPS) is 10.8. The predicted molar refractivity (Wildman–Crippen MR) is 108 cm³/mol. The maximum Gasteiger partial charge on any atom is 0.226 e. The lowest BCUT2D eigenvalue weighted by Gasteiger charge is -2.08. The van der Waals surface area contributed by atoms with Gasteiger partial charge in [0, 0.05) is 31.3 Å². The standard InChI is InChI=1S/C16H23N7O2S2/c1-4-9-26-16-21-20-15(27-16)19-14(25)6-5-13(24)18-12-10-17-23(11-12)8-7-22(2)3/h4,10-11H,1,5-9H2,2-3H3,(H,18,24)(H,19,20,25). The highest BCUT2D eigenvalue weighted by Gasteiger charge is 2.11. The molecular weight excluding hydrogens is 386 g/mol. The lowest BCUT2D eigenvalue weighted by molar-refractivity contribution is -0.121. The summed E-state index contributed by atoms with van der Waals surface area (Å²) in [6.07, 6.45) is 5.28. The first-order valence-corrected chi connectivity index (χ1v) is 10.1. The van der Waals surface area contributed by atoms with Crippen LogP contribution in [0.4, 0.5) is 10.8 Å². The minimum atomic E-state index is -0.275. The second-order valence-corrected chi connectivity index (χ2v) is 8.11. The number of carbonyl (C=O) groups excluding carboxylic acids is 2. The Morgan fingerprint density at radius 1 is 1.30 bits per heavy atom. The number of aromatic nitrogens is 4. The fraction of sp³-hybridized carbons (Fsp3) is 0.438. The zero-order valence-corrected chi connectivity index (χ0v) is 17.0. The topological polar surface area (TPSA) is 105 Å². The first-order valence-electron chi connectivity index (χ1n) is 8.30. The number of carbonyl (C=O) groups is 2. The Labute approximate surface area is 166 Å². The van der Waals surface area contributed by atoms with Gasteiger partial charge in [-0.3, -0.25) is 14.3 Å². The van der Waals surface area contributed by atoms with E-state index in [1.54, 1.807) is 23.2 Å². The summed E-state index contributed by atoms with van der Waals surface area (Å²) in [6.45, 7) is 5.23. The summed E-state index contributed by atoms with van der Waals surface area (Å²) in [4.78, 5) is 26.0. The molecule has 0 bridgehead atoms. The minimum Gasteiger partial charge on any atom is -0.323 e. The van der Waals surface area contributed by atoms with Crippen LogP contribution in [0.3, 0.4) is 0 Å². The molecule has 27 heavy (non-hydrogen) atoms. The molecule has 2 heterocycles. The van der Waals surface area contributed by atoms with Crippen LogP contribution >= 0.6 is 23.1 Å². The monoisotopic (exact) mass is 409 g/mol. The van der Waals surface area contributed by atoms with Crippen LogP contribution in [0, 0.1) is 0 Å². The zero-order chi connectivity index (χ0) is 19.6. The molecule has 0 aliphatic rings. The molecule has 9 nitrogen and oxygen atoms in total. The molecule has 2 N–H and O–H groups in total. The van der Waals surface area contributed by atoms with Crippen molar-refractivity contribution in [3.63, 3.8) is 0 Å². The number of anilines is 2. The zero-order valence-electron chi connectivity index (χ0n) is 15.3. The number of amides is 2. The number of rotatable bonds is 11. The van der Waals surface area contributed by atoms with Crippen molar-refractivity contribution in [2.75, 3.05) is 37.0 Å². The average Bonchev–Trinajstić information content (AvgIpc) is 3.25. The largest absolute Gasteiger partial charge is 0.323 e. The Hall–Kier alpha value is -2.24. The summed E-state index contributed by atoms with van der Waals surface area (Å²) < 4.78 is 2.52. The van der Waals surface area contributed by atoms with Crippen LogP contribution in [0.5, 0.6) is 0 Å². The average molecular weight is 410 g/mol. The fourth-order valence-electron chi connectivity index (χ4n) is 1.93. The molecule has 2 aromatic heterocycles. The first-order chi connectivity index (χ1) is 13.0. The summed E-state index contributed by atoms with van der Waals surface area (Å²) in [5, 5.41) is 17.9. The molecule has 0 radical (unpaired) electrons. The highest BCUT2D eigenvalue weighted by Crippen LogP contribution is 2.25. The second-order valence-electron chi connectivity index (χ2n) is 5.86. The summed E-state index contributed by atoms with van der Waals surface area (Å²) in [5.74, 6) is 0.217. The van der Waals surface area contributed by atoms with Crippen LogP contribution in [-0.2, 0) is 16.1 Å². The van der Waals surface area contributed by atoms with Gasteiger partial charge in [-0.05, 0) is 14.1 Å². The lowest BCUT2D eigenvalue weighted by Crippen LogP contribution is -2.18. The molecule has 0 atom stereocenters. The minimum absolute atomic E-state index is 0.0648. The highest BCUT2D eigenvalue weighted by molar-refractivity contribution is 8.01. The fourth-order valence-corrected chi connectivity index (χ4v) is 3.46. The van der Waals surface area contributed by atoms with Crippen LogP contribution in [0.1, 0.15) is 12.8 Å². The third-order valence-corrected chi connectivity index (χ3v) is 5.22. The number of thioether (sulfide) groups is 1. The van der Waals surface area contributed by atoms with Crippen molar-refractivity contribution in [1.82, 2.24) is 24.9 Å². The molecule has 0 aliphatic heterocycles. The van der Waals surface area contributed by atoms with Gasteiger partial charge in [0.2, 0.25) is 16.9 Å². The van der Waals surface area contributed by atoms with E-state index in [4.69, 9.17) is 0 Å². The number of likely N-dealkylation sites (N-methyl/N-ethyl adjacent to an activating group) is 1. The van der Waals surface area contributed by atoms with Crippen LogP contribution in [-0.4, -0.2) is 63.1 Å². The molecule has 0 spiro atoms. The van der Waals surface area contributed by atoms with Gasteiger partial charge in [-0.2, -0.15) is 5.10 Å². The van der Waals surface area contributed by atoms with E-state index in [0.717, 1.165) is 23.2 Å². The van der Waals surface area contributed by atoms with Crippen LogP contribution < -0.4 is 10.6 Å². The maximum absolute atomic E-state index is 12.0. The van der Waals surface area contributed by atoms with E-state index in [9.17, 15) is 9.59 Å². The molecule has 146 valence electrons. The number of nitrogens with one attached hydrogen (secondary N) is 2. The van der Waals surface area contributed by atoms with Gasteiger partial charge in [0.1, 0.15) is 0 Å². The molecule has 2 aromatic rings. The lowest BCUT2D eigenvalue weighted by atomic mass is 10.3. The van der Waals surface area contributed by atoms with Crippen molar-refractivity contribution in [1.29, 1.82) is 0 Å². The van der Waals surface area contributed by atoms with Crippen molar-refractivity contribution in [3.05, 3.63) is 25.0 Å². The van der Waals surface area contributed by atoms with E-state index in [0.29, 0.717) is 10.8 Å². The molecule has 0 saturated carbocycles. The molecular formula is C16H23N7O2S2. The van der Waals surface area contributed by atoms with E-state index in [-0.39, 0.29) is 24.7 Å². The summed E-state index contributed by atoms with van der Waals surface area (Å²) in [6, 6.07) is 0. The third kappa shape index (κ3) is 7.89. The molecule has 0 unspecified atom stereocenters. The van der Waals surface area contributed by atoms with Crippen molar-refractivity contribution >= 4 is 45.7 Å². The molecule has 11 heteroatoms. The maximum atomic E-state index is 12.0. The third-order valence-electron chi connectivity index (χ3n) is 3.25. The Morgan fingerprint density at radius 2 is 2.04 bits per heavy atom. The Bertz CT molecular complexity index is 772.